The highest BCUT2D eigenvalue weighted by molar-refractivity contribution is 6.32. The molecule has 1 radical (unpaired) electrons. The lowest BCUT2D eigenvalue weighted by Crippen LogP contribution is -2.45. The molecule has 0 saturated heterocycles. The van der Waals surface area contributed by atoms with Crippen molar-refractivity contribution in [1.82, 2.24) is 5.32 Å². The predicted octanol–water partition coefficient (Wildman–Crippen LogP) is 0.664. The minimum absolute atomic E-state index is 0.121. The molecule has 1 aromatic rings. The molecule has 1 N–H and O–H groups in total. The number of ether oxygens (including phenoxy) is 2. The molecule has 0 spiro atoms. The average Bonchev–Trinajstić information content (AvgIpc) is 2.58. The van der Waals surface area contributed by atoms with E-state index in [1.165, 1.54) is 20.5 Å². The minimum Gasteiger partial charge on any atom is -0.560 e. The second-order valence-corrected chi connectivity index (χ2v) is 5.27. The van der Waals surface area contributed by atoms with Crippen molar-refractivity contribution in [2.45, 2.75) is 32.1 Å². The van der Waals surface area contributed by atoms with Crippen LogP contribution >= 0.6 is 0 Å². The van der Waals surface area contributed by atoms with Crippen LogP contribution < -0.4 is 9.97 Å². The Morgan fingerprint density at radius 3 is 2.92 bits per heavy atom. The smallest absolute Gasteiger partial charge is 0.394 e. The third kappa shape index (κ3) is 5.24. The molecule has 1 heterocycles. The lowest BCUT2D eigenvalue weighted by Gasteiger charge is -2.26. The molecule has 129 valence electrons. The van der Waals surface area contributed by atoms with Crippen molar-refractivity contribution < 1.29 is 28.5 Å². The van der Waals surface area contributed by atoms with E-state index in [-0.39, 0.29) is 30.3 Å². The Bertz CT molecular complexity index is 715. The number of fused-ring (bicyclic) bond motifs is 1. The fraction of sp³-hybridized carbons (Fsp3) is 0.375. The number of benzene rings is 1. The summed E-state index contributed by atoms with van der Waals surface area (Å²) in [5.74, 6) is -1.49. The number of rotatable bonds is 6. The van der Waals surface area contributed by atoms with Gasteiger partial charge in [0.2, 0.25) is 12.7 Å². The Balaban J connectivity index is 1.99. The molecule has 0 fully saturated rings. The third-order valence-electron chi connectivity index (χ3n) is 3.37. The van der Waals surface area contributed by atoms with E-state index < -0.39 is 18.7 Å². The van der Waals surface area contributed by atoms with Gasteiger partial charge in [-0.05, 0) is 18.1 Å². The summed E-state index contributed by atoms with van der Waals surface area (Å²) in [6.45, 7) is 0.737. The van der Waals surface area contributed by atoms with Gasteiger partial charge in [0, 0.05) is 25.7 Å². The zero-order valence-electron chi connectivity index (χ0n) is 13.6. The molecule has 0 saturated carbocycles. The molecule has 8 nitrogen and oxygen atoms in total. The van der Waals surface area contributed by atoms with Crippen LogP contribution in [0.1, 0.15) is 35.7 Å². The zero-order valence-corrected chi connectivity index (χ0v) is 13.6. The molecule has 1 atom stereocenters. The summed E-state index contributed by atoms with van der Waals surface area (Å²) in [5.41, 5.74) is 0.935. The molecule has 0 aliphatic carbocycles. The van der Waals surface area contributed by atoms with Crippen LogP contribution in [-0.2, 0) is 25.5 Å². The van der Waals surface area contributed by atoms with Crippen molar-refractivity contribution >= 4 is 25.3 Å². The van der Waals surface area contributed by atoms with Gasteiger partial charge in [-0.15, -0.1) is 0 Å². The topological polar surface area (TPSA) is 115 Å². The number of nitrogens with zero attached hydrogens (tertiary/aromatic N) is 1. The van der Waals surface area contributed by atoms with E-state index in [1.54, 1.807) is 12.1 Å². The van der Waals surface area contributed by atoms with Gasteiger partial charge < -0.3 is 19.4 Å². The van der Waals surface area contributed by atoms with Gasteiger partial charge in [-0.3, -0.25) is 9.59 Å². The number of hydrogen-bond acceptors (Lipinski definition) is 7. The Hall–Kier alpha value is -3.02. The maximum Gasteiger partial charge on any atom is 0.394 e. The maximum absolute atomic E-state index is 12.1. The molecule has 1 unspecified atom stereocenters. The van der Waals surface area contributed by atoms with Crippen molar-refractivity contribution in [3.63, 3.8) is 0 Å². The second kappa shape index (κ2) is 8.73. The van der Waals surface area contributed by atoms with Gasteiger partial charge in [0.25, 0.3) is 0 Å². The quantitative estimate of drug-likeness (QED) is 0.458. The summed E-state index contributed by atoms with van der Waals surface area (Å²) < 4.78 is 14.9. The van der Waals surface area contributed by atoms with Gasteiger partial charge in [-0.1, -0.05) is 12.1 Å². The molecule has 1 aliphatic rings. The molecule has 0 aromatic heterocycles. The second-order valence-electron chi connectivity index (χ2n) is 5.27. The number of nitrogens with one attached hydrogen (secondary N) is 1. The van der Waals surface area contributed by atoms with Crippen LogP contribution in [0, 0.1) is 11.3 Å². The van der Waals surface area contributed by atoms with Gasteiger partial charge >= 0.3 is 19.4 Å². The summed E-state index contributed by atoms with van der Waals surface area (Å²) in [4.78, 5) is 34.4. The van der Waals surface area contributed by atoms with Crippen molar-refractivity contribution in [1.29, 1.82) is 5.26 Å². The molecule has 2 rings (SSSR count). The maximum atomic E-state index is 12.1. The first kappa shape index (κ1) is 18.3. The van der Waals surface area contributed by atoms with Crippen LogP contribution in [-0.4, -0.2) is 38.1 Å². The van der Waals surface area contributed by atoms with Crippen LogP contribution in [0.5, 0.6) is 5.75 Å². The lowest BCUT2D eigenvalue weighted by atomic mass is 9.79. The predicted molar refractivity (Wildman–Crippen MR) is 85.4 cm³/mol. The van der Waals surface area contributed by atoms with Crippen LogP contribution in [0.2, 0.25) is 0 Å². The first-order valence-corrected chi connectivity index (χ1v) is 7.60. The molecular formula is C16H16BN2O6. The fourth-order valence-corrected chi connectivity index (χ4v) is 2.26. The Labute approximate surface area is 145 Å². The fourth-order valence-electron chi connectivity index (χ4n) is 2.26. The highest BCUT2D eigenvalue weighted by Crippen LogP contribution is 2.29. The largest absolute Gasteiger partial charge is 0.560 e. The van der Waals surface area contributed by atoms with Crippen molar-refractivity contribution in [2.24, 2.45) is 0 Å². The lowest BCUT2D eigenvalue weighted by molar-refractivity contribution is -0.149. The molecule has 0 bridgehead atoms. The van der Waals surface area contributed by atoms with Crippen LogP contribution in [0.3, 0.4) is 0 Å². The van der Waals surface area contributed by atoms with Crippen LogP contribution in [0.4, 0.5) is 0 Å². The summed E-state index contributed by atoms with van der Waals surface area (Å²) in [7, 11) is 1.43. The van der Waals surface area contributed by atoms with Gasteiger partial charge in [0.1, 0.15) is 11.3 Å². The van der Waals surface area contributed by atoms with E-state index >= 15 is 0 Å². The van der Waals surface area contributed by atoms with Gasteiger partial charge in [0.15, 0.2) is 0 Å². The molecule has 1 aromatic carbocycles. The number of para-hydroxylation sites is 1. The van der Waals surface area contributed by atoms with Gasteiger partial charge in [0.05, 0.1) is 6.07 Å². The first-order valence-electron chi connectivity index (χ1n) is 7.60. The SMILES string of the molecule is CC(=O)OCOC(=O)c1cccc2c1O[B]C(NC(=O)CCC#N)C2. The highest BCUT2D eigenvalue weighted by atomic mass is 16.7. The Kier molecular flexibility index (Phi) is 6.40. The van der Waals surface area contributed by atoms with E-state index in [9.17, 15) is 14.4 Å². The average molecular weight is 343 g/mol. The molecular weight excluding hydrogens is 327 g/mol. The Morgan fingerprint density at radius 2 is 2.20 bits per heavy atom. The van der Waals surface area contributed by atoms with Gasteiger partial charge in [-0.25, -0.2) is 4.79 Å². The summed E-state index contributed by atoms with van der Waals surface area (Å²) in [6.07, 6.45) is 0.712. The van der Waals surface area contributed by atoms with E-state index in [0.717, 1.165) is 5.56 Å². The first-order chi connectivity index (χ1) is 12.0. The molecule has 25 heavy (non-hydrogen) atoms. The number of carbonyl (C=O) groups excluding carboxylic acids is 3. The van der Waals surface area contributed by atoms with Crippen LogP contribution in [0.15, 0.2) is 18.2 Å². The molecule has 1 aliphatic heterocycles. The third-order valence-corrected chi connectivity index (χ3v) is 3.37. The van der Waals surface area contributed by atoms with E-state index in [1.807, 2.05) is 6.07 Å². The number of amides is 1. The summed E-state index contributed by atoms with van der Waals surface area (Å²) in [6, 6.07) is 6.89. The normalized spacial score (nSPS) is 14.8. The van der Waals surface area contributed by atoms with Crippen molar-refractivity contribution in [3.8, 4) is 11.8 Å². The standard InChI is InChI=1S/C16H16BN2O6/c1-10(20)23-9-24-16(22)12-5-2-4-11-8-13(17-25-15(11)12)19-14(21)6-3-7-18/h2,4-5,13H,3,6,8-9H2,1H3,(H,19,21). The van der Waals surface area contributed by atoms with Gasteiger partial charge in [-0.2, -0.15) is 5.26 Å². The van der Waals surface area contributed by atoms with E-state index in [0.29, 0.717) is 12.2 Å². The summed E-state index contributed by atoms with van der Waals surface area (Å²) in [5, 5.41) is 11.2. The number of hydrogen-bond donors (Lipinski definition) is 1. The highest BCUT2D eigenvalue weighted by Gasteiger charge is 2.27. The number of nitriles is 1. The molecule has 1 amide bonds. The Morgan fingerprint density at radius 1 is 1.40 bits per heavy atom. The number of carbonyl (C=O) groups is 3. The van der Waals surface area contributed by atoms with Crippen molar-refractivity contribution in [3.05, 3.63) is 29.3 Å². The van der Waals surface area contributed by atoms with Crippen LogP contribution in [0.25, 0.3) is 0 Å². The number of esters is 2. The monoisotopic (exact) mass is 343 g/mol. The minimum atomic E-state index is -0.678. The van der Waals surface area contributed by atoms with Crippen molar-refractivity contribution in [2.75, 3.05) is 6.79 Å². The van der Waals surface area contributed by atoms with E-state index in [4.69, 9.17) is 14.7 Å². The zero-order chi connectivity index (χ0) is 18.2. The molecule has 9 heteroatoms. The van der Waals surface area contributed by atoms with E-state index in [2.05, 4.69) is 10.1 Å². The summed E-state index contributed by atoms with van der Waals surface area (Å²) >= 11 is 0.